The number of hydrogen-bond donors (Lipinski definition) is 2. The third kappa shape index (κ3) is 5.68. The number of nitrogens with one attached hydrogen (secondary N) is 1. The maximum absolute atomic E-state index is 13.0. The standard InChI is InChI=1S/C26H34N4O4S2/c27-25(31)17-21-15-20(24-3-1-13-35-24)16-22-23(18-28-26(21)22)19-4-7-30(8-5-19)36(32,33)14-2-6-29-9-11-34-12-10-29/h1,3,13,15-16,18-19,28H,2,4-12,14,17H2,(H2,27,31). The fourth-order valence-electron chi connectivity index (χ4n) is 5.45. The summed E-state index contributed by atoms with van der Waals surface area (Å²) in [6.45, 7) is 5.09. The molecule has 4 heterocycles. The van der Waals surface area contributed by atoms with Crippen LogP contribution in [0, 0.1) is 0 Å². The molecule has 36 heavy (non-hydrogen) atoms. The van der Waals surface area contributed by atoms with Gasteiger partial charge in [0.15, 0.2) is 0 Å². The predicted molar refractivity (Wildman–Crippen MR) is 144 cm³/mol. The van der Waals surface area contributed by atoms with Crippen molar-refractivity contribution in [3.8, 4) is 10.4 Å². The molecule has 0 aliphatic carbocycles. The number of aromatic amines is 1. The number of carbonyl (C=O) groups excluding carboxylic acids is 1. The molecule has 10 heteroatoms. The smallest absolute Gasteiger partial charge is 0.221 e. The minimum absolute atomic E-state index is 0.177. The number of primary amides is 1. The number of benzene rings is 1. The average molecular weight is 531 g/mol. The summed E-state index contributed by atoms with van der Waals surface area (Å²) in [4.78, 5) is 18.6. The van der Waals surface area contributed by atoms with E-state index in [0.717, 1.165) is 72.6 Å². The fraction of sp³-hybridized carbons (Fsp3) is 0.500. The molecule has 2 aliphatic rings. The second kappa shape index (κ2) is 11.0. The van der Waals surface area contributed by atoms with Crippen molar-refractivity contribution in [2.75, 3.05) is 51.7 Å². The first-order valence-corrected chi connectivity index (χ1v) is 15.1. The second-order valence-electron chi connectivity index (χ2n) is 9.72. The van der Waals surface area contributed by atoms with Crippen LogP contribution in [0.3, 0.4) is 0 Å². The summed E-state index contributed by atoms with van der Waals surface area (Å²) in [6.07, 6.45) is 4.42. The molecule has 0 spiro atoms. The van der Waals surface area contributed by atoms with Crippen LogP contribution in [0.15, 0.2) is 35.8 Å². The van der Waals surface area contributed by atoms with E-state index in [4.69, 9.17) is 10.5 Å². The van der Waals surface area contributed by atoms with Crippen LogP contribution in [0.4, 0.5) is 0 Å². The minimum Gasteiger partial charge on any atom is -0.379 e. The number of morpholine rings is 1. The number of rotatable bonds is 9. The number of amides is 1. The number of thiophene rings is 1. The van der Waals surface area contributed by atoms with Gasteiger partial charge in [-0.05, 0) is 72.0 Å². The Kier molecular flexibility index (Phi) is 7.78. The van der Waals surface area contributed by atoms with Crippen molar-refractivity contribution in [2.24, 2.45) is 5.73 Å². The molecule has 5 rings (SSSR count). The minimum atomic E-state index is -3.26. The van der Waals surface area contributed by atoms with Crippen LogP contribution in [0.25, 0.3) is 21.3 Å². The Labute approximate surface area is 216 Å². The van der Waals surface area contributed by atoms with E-state index < -0.39 is 10.0 Å². The summed E-state index contributed by atoms with van der Waals surface area (Å²) in [7, 11) is -3.26. The topological polar surface area (TPSA) is 109 Å². The molecular weight excluding hydrogens is 496 g/mol. The summed E-state index contributed by atoms with van der Waals surface area (Å²) in [5.41, 5.74) is 9.66. The van der Waals surface area contributed by atoms with Crippen LogP contribution in [0.5, 0.6) is 0 Å². The third-order valence-corrected chi connectivity index (χ3v) is 10.2. The number of ether oxygens (including phenoxy) is 1. The van der Waals surface area contributed by atoms with Crippen LogP contribution in [0.2, 0.25) is 0 Å². The van der Waals surface area contributed by atoms with Gasteiger partial charge in [0.2, 0.25) is 15.9 Å². The highest BCUT2D eigenvalue weighted by molar-refractivity contribution is 7.89. The van der Waals surface area contributed by atoms with Crippen LogP contribution in [0.1, 0.15) is 36.3 Å². The Hall–Kier alpha value is -2.24. The highest BCUT2D eigenvalue weighted by Crippen LogP contribution is 2.38. The Bertz CT molecular complexity index is 1290. The molecule has 2 aromatic heterocycles. The van der Waals surface area contributed by atoms with E-state index >= 15 is 0 Å². The van der Waals surface area contributed by atoms with Crippen molar-refractivity contribution >= 4 is 38.2 Å². The van der Waals surface area contributed by atoms with Crippen LogP contribution < -0.4 is 5.73 Å². The molecule has 194 valence electrons. The SMILES string of the molecule is NC(=O)Cc1cc(-c2cccs2)cc2c(C3CCN(S(=O)(=O)CCCN4CCOCC4)CC3)c[nH]c12. The summed E-state index contributed by atoms with van der Waals surface area (Å²) in [5.74, 6) is 0.101. The Balaban J connectivity index is 1.28. The van der Waals surface area contributed by atoms with Gasteiger partial charge in [-0.3, -0.25) is 9.69 Å². The zero-order valence-corrected chi connectivity index (χ0v) is 22.1. The van der Waals surface area contributed by atoms with Crippen LogP contribution in [-0.4, -0.2) is 80.2 Å². The van der Waals surface area contributed by atoms with Gasteiger partial charge in [0.05, 0.1) is 25.4 Å². The second-order valence-corrected chi connectivity index (χ2v) is 12.8. The highest BCUT2D eigenvalue weighted by Gasteiger charge is 2.30. The van der Waals surface area contributed by atoms with Gasteiger partial charge in [0.25, 0.3) is 0 Å². The van der Waals surface area contributed by atoms with Gasteiger partial charge in [-0.15, -0.1) is 11.3 Å². The van der Waals surface area contributed by atoms with Gasteiger partial charge in [-0.2, -0.15) is 0 Å². The molecule has 3 aromatic rings. The van der Waals surface area contributed by atoms with Gasteiger partial charge in [-0.1, -0.05) is 6.07 Å². The van der Waals surface area contributed by atoms with E-state index in [1.165, 1.54) is 5.56 Å². The van der Waals surface area contributed by atoms with Crippen molar-refractivity contribution in [1.29, 1.82) is 0 Å². The fourth-order valence-corrected chi connectivity index (χ4v) is 7.68. The normalized spacial score (nSPS) is 18.7. The summed E-state index contributed by atoms with van der Waals surface area (Å²) in [5, 5.41) is 3.14. The lowest BCUT2D eigenvalue weighted by molar-refractivity contribution is -0.117. The summed E-state index contributed by atoms with van der Waals surface area (Å²) < 4.78 is 33.0. The zero-order valence-electron chi connectivity index (χ0n) is 20.4. The molecule has 2 aliphatic heterocycles. The maximum Gasteiger partial charge on any atom is 0.221 e. The number of nitrogens with zero attached hydrogens (tertiary/aromatic N) is 2. The van der Waals surface area contributed by atoms with E-state index in [0.29, 0.717) is 19.5 Å². The summed E-state index contributed by atoms with van der Waals surface area (Å²) in [6, 6.07) is 8.33. The molecule has 0 bridgehead atoms. The van der Waals surface area contributed by atoms with Crippen molar-refractivity contribution in [3.05, 3.63) is 47.0 Å². The van der Waals surface area contributed by atoms with E-state index in [2.05, 4.69) is 22.0 Å². The molecular formula is C26H34N4O4S2. The van der Waals surface area contributed by atoms with Crippen molar-refractivity contribution < 1.29 is 17.9 Å². The Morgan fingerprint density at radius 2 is 1.94 bits per heavy atom. The average Bonchev–Trinajstić information content (AvgIpc) is 3.55. The first-order valence-electron chi connectivity index (χ1n) is 12.6. The number of fused-ring (bicyclic) bond motifs is 1. The van der Waals surface area contributed by atoms with E-state index in [-0.39, 0.29) is 24.0 Å². The molecule has 3 N–H and O–H groups in total. The highest BCUT2D eigenvalue weighted by atomic mass is 32.2. The van der Waals surface area contributed by atoms with Gasteiger partial charge >= 0.3 is 0 Å². The molecule has 2 fully saturated rings. The number of sulfonamides is 1. The van der Waals surface area contributed by atoms with Crippen molar-refractivity contribution in [2.45, 2.75) is 31.6 Å². The molecule has 8 nitrogen and oxygen atoms in total. The zero-order chi connectivity index (χ0) is 25.1. The molecule has 2 saturated heterocycles. The number of hydrogen-bond acceptors (Lipinski definition) is 6. The summed E-state index contributed by atoms with van der Waals surface area (Å²) >= 11 is 1.67. The number of piperidine rings is 1. The van der Waals surface area contributed by atoms with Crippen LogP contribution in [-0.2, 0) is 26.0 Å². The maximum atomic E-state index is 13.0. The third-order valence-electron chi connectivity index (χ3n) is 7.34. The largest absolute Gasteiger partial charge is 0.379 e. The Morgan fingerprint density at radius 3 is 2.64 bits per heavy atom. The lowest BCUT2D eigenvalue weighted by atomic mass is 9.89. The molecule has 1 amide bonds. The number of nitrogens with two attached hydrogens (primary N) is 1. The first-order chi connectivity index (χ1) is 17.4. The first kappa shape index (κ1) is 25.4. The molecule has 0 unspecified atom stereocenters. The van der Waals surface area contributed by atoms with Gasteiger partial charge in [-0.25, -0.2) is 12.7 Å². The quantitative estimate of drug-likeness (QED) is 0.442. The number of aromatic nitrogens is 1. The van der Waals surface area contributed by atoms with Crippen LogP contribution >= 0.6 is 11.3 Å². The number of carbonyl (C=O) groups is 1. The monoisotopic (exact) mass is 530 g/mol. The van der Waals surface area contributed by atoms with Gasteiger partial charge in [0, 0.05) is 48.2 Å². The lowest BCUT2D eigenvalue weighted by Gasteiger charge is -2.32. The predicted octanol–water partition coefficient (Wildman–Crippen LogP) is 3.16. The van der Waals surface area contributed by atoms with Crippen molar-refractivity contribution in [1.82, 2.24) is 14.2 Å². The number of H-pyrrole nitrogens is 1. The molecule has 0 radical (unpaired) electrons. The van der Waals surface area contributed by atoms with Gasteiger partial charge in [0.1, 0.15) is 0 Å². The van der Waals surface area contributed by atoms with E-state index in [1.54, 1.807) is 15.6 Å². The van der Waals surface area contributed by atoms with E-state index in [9.17, 15) is 13.2 Å². The molecule has 0 saturated carbocycles. The van der Waals surface area contributed by atoms with Gasteiger partial charge < -0.3 is 15.5 Å². The lowest BCUT2D eigenvalue weighted by Crippen LogP contribution is -2.41. The van der Waals surface area contributed by atoms with E-state index in [1.807, 2.05) is 23.7 Å². The molecule has 1 aromatic carbocycles. The molecule has 0 atom stereocenters. The van der Waals surface area contributed by atoms with Crippen molar-refractivity contribution in [3.63, 3.8) is 0 Å². The Morgan fingerprint density at radius 1 is 1.17 bits per heavy atom.